The molecule has 0 saturated carbocycles. The molecule has 1 N–H and O–H groups in total. The lowest BCUT2D eigenvalue weighted by Gasteiger charge is -2.24. The van der Waals surface area contributed by atoms with E-state index in [1.807, 2.05) is 12.1 Å². The van der Waals surface area contributed by atoms with Crippen LogP contribution >= 0.6 is 15.9 Å². The minimum Gasteiger partial charge on any atom is -0.485 e. The normalized spacial score (nSPS) is 17.2. The molecule has 1 atom stereocenters. The zero-order chi connectivity index (χ0) is 16.9. The van der Waals surface area contributed by atoms with Gasteiger partial charge in [-0.05, 0) is 24.3 Å². The third-order valence-corrected chi connectivity index (χ3v) is 4.36. The maximum absolute atomic E-state index is 13.0. The number of imidazole rings is 1. The topological polar surface area (TPSA) is 47.1 Å². The Morgan fingerprint density at radius 1 is 1.17 bits per heavy atom. The van der Waals surface area contributed by atoms with E-state index < -0.39 is 17.8 Å². The molecule has 0 spiro atoms. The monoisotopic (exact) mass is 398 g/mol. The van der Waals surface area contributed by atoms with Gasteiger partial charge in [-0.1, -0.05) is 28.1 Å². The highest BCUT2D eigenvalue weighted by molar-refractivity contribution is 9.10. The van der Waals surface area contributed by atoms with Crippen molar-refractivity contribution in [1.29, 1.82) is 0 Å². The fourth-order valence-corrected chi connectivity index (χ4v) is 3.13. The van der Waals surface area contributed by atoms with E-state index in [-0.39, 0.29) is 11.1 Å². The maximum Gasteiger partial charge on any atom is 0.417 e. The Hall–Kier alpha value is -2.22. The first-order valence-electron chi connectivity index (χ1n) is 7.06. The van der Waals surface area contributed by atoms with Crippen molar-refractivity contribution in [1.82, 2.24) is 9.97 Å². The number of ether oxygens (including phenoxy) is 2. The Balaban J connectivity index is 1.71. The minimum atomic E-state index is -4.44. The summed E-state index contributed by atoms with van der Waals surface area (Å²) >= 11 is 2.95. The lowest BCUT2D eigenvalue weighted by molar-refractivity contribution is -0.138. The number of H-pyrrole nitrogens is 1. The number of hydrogen-bond acceptors (Lipinski definition) is 3. The molecule has 24 heavy (non-hydrogen) atoms. The quantitative estimate of drug-likeness (QED) is 0.636. The van der Waals surface area contributed by atoms with E-state index in [1.165, 1.54) is 6.07 Å². The third-order valence-electron chi connectivity index (χ3n) is 3.71. The zero-order valence-corrected chi connectivity index (χ0v) is 13.6. The summed E-state index contributed by atoms with van der Waals surface area (Å²) in [7, 11) is 0. The summed E-state index contributed by atoms with van der Waals surface area (Å²) in [5.41, 5.74) is -0.0355. The van der Waals surface area contributed by atoms with Gasteiger partial charge in [-0.3, -0.25) is 0 Å². The molecule has 2 aromatic carbocycles. The van der Waals surface area contributed by atoms with Crippen LogP contribution in [-0.2, 0) is 6.18 Å². The molecule has 124 valence electrons. The van der Waals surface area contributed by atoms with Crippen LogP contribution in [0.2, 0.25) is 0 Å². The second-order valence-electron chi connectivity index (χ2n) is 5.33. The van der Waals surface area contributed by atoms with Gasteiger partial charge >= 0.3 is 6.18 Å². The minimum absolute atomic E-state index is 0.0493. The van der Waals surface area contributed by atoms with E-state index in [0.717, 1.165) is 6.07 Å². The largest absolute Gasteiger partial charge is 0.485 e. The molecule has 4 nitrogen and oxygen atoms in total. The van der Waals surface area contributed by atoms with Crippen molar-refractivity contribution in [2.75, 3.05) is 6.61 Å². The smallest absolute Gasteiger partial charge is 0.417 e. The lowest BCUT2D eigenvalue weighted by atomic mass is 10.2. The number of benzene rings is 2. The highest BCUT2D eigenvalue weighted by Gasteiger charge is 2.34. The molecular formula is C16H10BrF3N2O2. The Bertz CT molecular complexity index is 923. The molecular weight excluding hydrogens is 389 g/mol. The number of aromatic amines is 1. The van der Waals surface area contributed by atoms with Gasteiger partial charge < -0.3 is 14.5 Å². The average Bonchev–Trinajstić information content (AvgIpc) is 2.95. The molecule has 2 heterocycles. The summed E-state index contributed by atoms with van der Waals surface area (Å²) in [6.45, 7) is 0.226. The van der Waals surface area contributed by atoms with Crippen LogP contribution in [0, 0.1) is 0 Å². The highest BCUT2D eigenvalue weighted by Crippen LogP contribution is 2.38. The number of rotatable bonds is 1. The van der Waals surface area contributed by atoms with Crippen molar-refractivity contribution in [2.45, 2.75) is 12.3 Å². The number of alkyl halides is 3. The summed E-state index contributed by atoms with van der Waals surface area (Å²) < 4.78 is 50.4. The van der Waals surface area contributed by atoms with E-state index >= 15 is 0 Å². The molecule has 1 unspecified atom stereocenters. The van der Waals surface area contributed by atoms with E-state index in [9.17, 15) is 13.2 Å². The molecule has 1 aromatic heterocycles. The summed E-state index contributed by atoms with van der Waals surface area (Å²) in [6.07, 6.45) is -4.96. The van der Waals surface area contributed by atoms with Crippen LogP contribution in [0.25, 0.3) is 11.0 Å². The number of fused-ring (bicyclic) bond motifs is 2. The van der Waals surface area contributed by atoms with Gasteiger partial charge in [0.1, 0.15) is 6.61 Å². The molecule has 0 fully saturated rings. The third kappa shape index (κ3) is 2.60. The number of aromatic nitrogens is 2. The fourth-order valence-electron chi connectivity index (χ4n) is 2.58. The second-order valence-corrected chi connectivity index (χ2v) is 6.19. The average molecular weight is 399 g/mol. The van der Waals surface area contributed by atoms with Crippen molar-refractivity contribution in [3.05, 3.63) is 52.3 Å². The van der Waals surface area contributed by atoms with Crippen LogP contribution in [0.1, 0.15) is 17.5 Å². The van der Waals surface area contributed by atoms with Gasteiger partial charge in [-0.2, -0.15) is 13.2 Å². The van der Waals surface area contributed by atoms with Crippen molar-refractivity contribution in [3.8, 4) is 11.5 Å². The molecule has 1 aliphatic heterocycles. The van der Waals surface area contributed by atoms with Gasteiger partial charge in [0, 0.05) is 4.47 Å². The predicted octanol–water partition coefficient (Wildman–Crippen LogP) is 4.86. The molecule has 4 rings (SSSR count). The SMILES string of the molecule is FC(F)(F)c1cc2[nH]c(C3COc4ccccc4O3)nc2cc1Br. The fraction of sp³-hybridized carbons (Fsp3) is 0.188. The maximum atomic E-state index is 13.0. The molecule has 1 aliphatic rings. The molecule has 0 aliphatic carbocycles. The molecule has 0 radical (unpaired) electrons. The van der Waals surface area contributed by atoms with E-state index in [4.69, 9.17) is 9.47 Å². The van der Waals surface area contributed by atoms with Gasteiger partial charge in [0.15, 0.2) is 23.4 Å². The summed E-state index contributed by atoms with van der Waals surface area (Å²) in [6, 6.07) is 9.58. The molecule has 8 heteroatoms. The number of hydrogen-bond donors (Lipinski definition) is 1. The first-order chi connectivity index (χ1) is 11.4. The first kappa shape index (κ1) is 15.3. The van der Waals surface area contributed by atoms with Crippen LogP contribution in [0.5, 0.6) is 11.5 Å². The Morgan fingerprint density at radius 2 is 1.92 bits per heavy atom. The van der Waals surface area contributed by atoms with Gasteiger partial charge in [-0.15, -0.1) is 0 Å². The number of halogens is 4. The van der Waals surface area contributed by atoms with Crippen molar-refractivity contribution >= 4 is 27.0 Å². The Morgan fingerprint density at radius 3 is 2.67 bits per heavy atom. The lowest BCUT2D eigenvalue weighted by Crippen LogP contribution is -2.22. The number of para-hydroxylation sites is 2. The van der Waals surface area contributed by atoms with Crippen LogP contribution in [0.15, 0.2) is 40.9 Å². The molecule has 0 saturated heterocycles. The van der Waals surface area contributed by atoms with Crippen LogP contribution in [0.3, 0.4) is 0 Å². The zero-order valence-electron chi connectivity index (χ0n) is 12.0. The molecule has 3 aromatic rings. The Kier molecular flexibility index (Phi) is 3.45. The van der Waals surface area contributed by atoms with E-state index in [0.29, 0.717) is 28.4 Å². The van der Waals surface area contributed by atoms with Gasteiger partial charge in [0.05, 0.1) is 16.6 Å². The van der Waals surface area contributed by atoms with Crippen molar-refractivity contribution < 1.29 is 22.6 Å². The number of nitrogens with zero attached hydrogens (tertiary/aromatic N) is 1. The van der Waals surface area contributed by atoms with Crippen molar-refractivity contribution in [2.24, 2.45) is 0 Å². The number of nitrogens with one attached hydrogen (secondary N) is 1. The van der Waals surface area contributed by atoms with Gasteiger partial charge in [0.25, 0.3) is 0 Å². The standard InChI is InChI=1S/C16H10BrF3N2O2/c17-9-6-11-10(5-8(9)16(18,19)20)21-15(22-11)14-7-23-12-3-1-2-4-13(12)24-14/h1-6,14H,7H2,(H,21,22). The summed E-state index contributed by atoms with van der Waals surface area (Å²) in [5.74, 6) is 1.63. The van der Waals surface area contributed by atoms with Gasteiger partial charge in [-0.25, -0.2) is 4.98 Å². The van der Waals surface area contributed by atoms with Gasteiger partial charge in [0.2, 0.25) is 0 Å². The first-order valence-corrected chi connectivity index (χ1v) is 7.86. The predicted molar refractivity (Wildman–Crippen MR) is 84.1 cm³/mol. The highest BCUT2D eigenvalue weighted by atomic mass is 79.9. The summed E-state index contributed by atoms with van der Waals surface area (Å²) in [4.78, 5) is 7.23. The van der Waals surface area contributed by atoms with E-state index in [1.54, 1.807) is 12.1 Å². The Labute approximate surface area is 142 Å². The van der Waals surface area contributed by atoms with Crippen LogP contribution in [-0.4, -0.2) is 16.6 Å². The van der Waals surface area contributed by atoms with Crippen LogP contribution < -0.4 is 9.47 Å². The van der Waals surface area contributed by atoms with E-state index in [2.05, 4.69) is 25.9 Å². The molecule has 0 bridgehead atoms. The van der Waals surface area contributed by atoms with Crippen LogP contribution in [0.4, 0.5) is 13.2 Å². The second kappa shape index (κ2) is 5.41. The summed E-state index contributed by atoms with van der Waals surface area (Å²) in [5, 5.41) is 0. The van der Waals surface area contributed by atoms with Crippen molar-refractivity contribution in [3.63, 3.8) is 0 Å². The molecule has 0 amide bonds.